The van der Waals surface area contributed by atoms with Crippen LogP contribution in [0.15, 0.2) is 9.00 Å². The molecule has 1 saturated carbocycles. The van der Waals surface area contributed by atoms with Crippen molar-refractivity contribution in [3.63, 3.8) is 0 Å². The van der Waals surface area contributed by atoms with Gasteiger partial charge in [0.1, 0.15) is 0 Å². The molecule has 2 N–H and O–H groups in total. The number of sulfonamides is 1. The summed E-state index contributed by atoms with van der Waals surface area (Å²) in [5.41, 5.74) is 0.456. The van der Waals surface area contributed by atoms with Gasteiger partial charge in [0.25, 0.3) is 10.0 Å². The van der Waals surface area contributed by atoms with Gasteiger partial charge in [-0.2, -0.15) is 4.31 Å². The predicted octanol–water partition coefficient (Wildman–Crippen LogP) is 0.898. The lowest BCUT2D eigenvalue weighted by Gasteiger charge is -2.29. The molecule has 0 radical (unpaired) electrons. The van der Waals surface area contributed by atoms with E-state index in [1.54, 1.807) is 11.2 Å². The number of thiazole rings is 1. The molecule has 1 atom stereocenters. The second-order valence-corrected chi connectivity index (χ2v) is 9.01. The van der Waals surface area contributed by atoms with E-state index in [1.165, 1.54) is 0 Å². The summed E-state index contributed by atoms with van der Waals surface area (Å²) < 4.78 is 27.6. The maximum atomic E-state index is 12.9. The number of aryl methyl sites for hydroxylation is 1. The Balaban J connectivity index is 1.85. The second kappa shape index (κ2) is 5.83. The third-order valence-corrected chi connectivity index (χ3v) is 7.62. The van der Waals surface area contributed by atoms with Gasteiger partial charge in [-0.3, -0.25) is 4.79 Å². The Kier molecular flexibility index (Phi) is 4.22. The van der Waals surface area contributed by atoms with E-state index in [2.05, 4.69) is 10.3 Å². The average molecular weight is 331 g/mol. The Morgan fingerprint density at radius 3 is 2.62 bits per heavy atom. The predicted molar refractivity (Wildman–Crippen MR) is 82.2 cm³/mol. The first kappa shape index (κ1) is 15.2. The fourth-order valence-electron chi connectivity index (χ4n) is 2.88. The number of rotatable bonds is 5. The first-order valence-electron chi connectivity index (χ1n) is 7.41. The van der Waals surface area contributed by atoms with Gasteiger partial charge in [0.05, 0.1) is 0 Å². The second-order valence-electron chi connectivity index (χ2n) is 5.95. The number of aromatic amines is 1. The molecule has 2 fully saturated rings. The number of hydrogen-bond donors (Lipinski definition) is 2. The third-order valence-electron chi connectivity index (χ3n) is 4.12. The van der Waals surface area contributed by atoms with Crippen LogP contribution in [0.4, 0.5) is 0 Å². The van der Waals surface area contributed by atoms with E-state index in [0.717, 1.165) is 50.1 Å². The van der Waals surface area contributed by atoms with Crippen molar-refractivity contribution >= 4 is 21.4 Å². The van der Waals surface area contributed by atoms with Crippen LogP contribution in [-0.4, -0.2) is 43.4 Å². The fourth-order valence-corrected chi connectivity index (χ4v) is 6.06. The number of H-pyrrole nitrogens is 1. The number of hydrogen-bond acceptors (Lipinski definition) is 5. The van der Waals surface area contributed by atoms with Gasteiger partial charge < -0.3 is 10.3 Å². The largest absolute Gasteiger partial charge is 0.316 e. The summed E-state index contributed by atoms with van der Waals surface area (Å²) in [7, 11) is -3.55. The summed E-state index contributed by atoms with van der Waals surface area (Å²) in [6, 6.07) is 0.119. The van der Waals surface area contributed by atoms with Gasteiger partial charge in [0.15, 0.2) is 4.21 Å². The minimum atomic E-state index is -3.55. The molecule has 1 aliphatic carbocycles. The molecule has 0 amide bonds. The quantitative estimate of drug-likeness (QED) is 0.840. The molecule has 0 spiro atoms. The highest BCUT2D eigenvalue weighted by atomic mass is 32.2. The maximum absolute atomic E-state index is 12.9. The molecule has 1 saturated heterocycles. The van der Waals surface area contributed by atoms with Crippen LogP contribution in [0.3, 0.4) is 0 Å². The number of nitrogens with one attached hydrogen (secondary N) is 2. The van der Waals surface area contributed by atoms with Crippen molar-refractivity contribution in [2.75, 3.05) is 19.6 Å². The lowest BCUT2D eigenvalue weighted by molar-refractivity contribution is 0.287. The highest BCUT2D eigenvalue weighted by Crippen LogP contribution is 2.34. The topological polar surface area (TPSA) is 82.3 Å². The molecular formula is C13H21N3O3S2. The van der Waals surface area contributed by atoms with E-state index in [0.29, 0.717) is 18.2 Å². The number of piperidine rings is 1. The molecule has 21 heavy (non-hydrogen) atoms. The molecule has 1 aromatic heterocycles. The Labute approximate surface area is 128 Å². The molecule has 1 aromatic rings. The zero-order chi connectivity index (χ0) is 15.0. The highest BCUT2D eigenvalue weighted by molar-refractivity contribution is 7.91. The van der Waals surface area contributed by atoms with Crippen molar-refractivity contribution < 1.29 is 8.42 Å². The lowest BCUT2D eigenvalue weighted by Crippen LogP contribution is -2.42. The van der Waals surface area contributed by atoms with Crippen LogP contribution in [0.2, 0.25) is 0 Å². The molecule has 0 aromatic carbocycles. The minimum absolute atomic E-state index is 0.119. The van der Waals surface area contributed by atoms with Crippen LogP contribution >= 0.6 is 11.3 Å². The van der Waals surface area contributed by atoms with E-state index >= 15 is 0 Å². The van der Waals surface area contributed by atoms with Gasteiger partial charge in [-0.25, -0.2) is 8.42 Å². The van der Waals surface area contributed by atoms with E-state index in [-0.39, 0.29) is 15.1 Å². The fraction of sp³-hybridized carbons (Fsp3) is 0.769. The molecular weight excluding hydrogens is 310 g/mol. The normalized spacial score (nSPS) is 23.6. The summed E-state index contributed by atoms with van der Waals surface area (Å²) in [6.07, 6.45) is 4.02. The van der Waals surface area contributed by atoms with Gasteiger partial charge >= 0.3 is 4.87 Å². The van der Waals surface area contributed by atoms with E-state index in [9.17, 15) is 13.2 Å². The third kappa shape index (κ3) is 3.23. The van der Waals surface area contributed by atoms with Crippen molar-refractivity contribution in [1.82, 2.24) is 14.6 Å². The SMILES string of the molecule is Cc1[nH]c(=O)sc1S(=O)(=O)N(CC1CCCNC1)C1CC1. The number of nitrogens with zero attached hydrogens (tertiary/aromatic N) is 1. The number of aromatic nitrogens is 1. The summed E-state index contributed by atoms with van der Waals surface area (Å²) >= 11 is 0.800. The first-order valence-corrected chi connectivity index (χ1v) is 9.66. The van der Waals surface area contributed by atoms with E-state index in [4.69, 9.17) is 0 Å². The molecule has 0 bridgehead atoms. The summed E-state index contributed by atoms with van der Waals surface area (Å²) in [4.78, 5) is 13.7. The van der Waals surface area contributed by atoms with Gasteiger partial charge in [0.2, 0.25) is 0 Å². The summed E-state index contributed by atoms with van der Waals surface area (Å²) in [5.74, 6) is 0.366. The monoisotopic (exact) mass is 331 g/mol. The van der Waals surface area contributed by atoms with Crippen LogP contribution in [0.1, 0.15) is 31.4 Å². The van der Waals surface area contributed by atoms with Crippen molar-refractivity contribution in [2.45, 2.75) is 42.9 Å². The summed E-state index contributed by atoms with van der Waals surface area (Å²) in [6.45, 7) is 4.11. The first-order chi connectivity index (χ1) is 9.98. The van der Waals surface area contributed by atoms with Crippen molar-refractivity contribution in [1.29, 1.82) is 0 Å². The maximum Gasteiger partial charge on any atom is 0.305 e. The highest BCUT2D eigenvalue weighted by Gasteiger charge is 2.40. The average Bonchev–Trinajstić information content (AvgIpc) is 3.21. The van der Waals surface area contributed by atoms with Gasteiger partial charge in [0, 0.05) is 18.3 Å². The lowest BCUT2D eigenvalue weighted by atomic mass is 10.00. The Morgan fingerprint density at radius 1 is 1.33 bits per heavy atom. The molecule has 2 aliphatic rings. The molecule has 1 unspecified atom stereocenters. The zero-order valence-electron chi connectivity index (χ0n) is 12.1. The molecule has 3 rings (SSSR count). The molecule has 118 valence electrons. The zero-order valence-corrected chi connectivity index (χ0v) is 13.7. The molecule has 1 aliphatic heterocycles. The van der Waals surface area contributed by atoms with Crippen molar-refractivity contribution in [3.8, 4) is 0 Å². The Bertz CT molecular complexity index is 654. The Morgan fingerprint density at radius 2 is 2.10 bits per heavy atom. The van der Waals surface area contributed by atoms with Gasteiger partial charge in [-0.05, 0) is 51.6 Å². The van der Waals surface area contributed by atoms with Crippen LogP contribution in [0, 0.1) is 12.8 Å². The van der Waals surface area contributed by atoms with E-state index < -0.39 is 10.0 Å². The van der Waals surface area contributed by atoms with Crippen molar-refractivity contribution in [2.24, 2.45) is 5.92 Å². The van der Waals surface area contributed by atoms with Crippen LogP contribution in [0.5, 0.6) is 0 Å². The smallest absolute Gasteiger partial charge is 0.305 e. The summed E-state index contributed by atoms with van der Waals surface area (Å²) in [5, 5.41) is 3.33. The van der Waals surface area contributed by atoms with Crippen LogP contribution in [-0.2, 0) is 10.0 Å². The van der Waals surface area contributed by atoms with Crippen LogP contribution < -0.4 is 10.2 Å². The van der Waals surface area contributed by atoms with E-state index in [1.807, 2.05) is 0 Å². The van der Waals surface area contributed by atoms with Gasteiger partial charge in [-0.1, -0.05) is 11.3 Å². The van der Waals surface area contributed by atoms with Gasteiger partial charge in [-0.15, -0.1) is 0 Å². The van der Waals surface area contributed by atoms with Crippen molar-refractivity contribution in [3.05, 3.63) is 15.4 Å². The Hall–Kier alpha value is -0.700. The standard InChI is InChI=1S/C13H21N3O3S2/c1-9-12(20-13(17)15-9)21(18,19)16(11-4-5-11)8-10-3-2-6-14-7-10/h10-11,14H,2-8H2,1H3,(H,15,17). The molecule has 8 heteroatoms. The molecule has 6 nitrogen and oxygen atoms in total. The molecule has 2 heterocycles. The van der Waals surface area contributed by atoms with Crippen LogP contribution in [0.25, 0.3) is 0 Å². The minimum Gasteiger partial charge on any atom is -0.316 e.